The van der Waals surface area contributed by atoms with Crippen LogP contribution in [0.2, 0.25) is 0 Å². The maximum Gasteiger partial charge on any atom is 0.488 e. The van der Waals surface area contributed by atoms with E-state index in [0.717, 1.165) is 0 Å². The third-order valence-electron chi connectivity index (χ3n) is 3.78. The van der Waals surface area contributed by atoms with Crippen molar-refractivity contribution in [2.24, 2.45) is 0 Å². The Labute approximate surface area is 139 Å². The van der Waals surface area contributed by atoms with E-state index >= 15 is 0 Å². The van der Waals surface area contributed by atoms with E-state index < -0.39 is 19.0 Å². The first-order chi connectivity index (χ1) is 11.4. The fourth-order valence-corrected chi connectivity index (χ4v) is 2.49. The third-order valence-corrected chi connectivity index (χ3v) is 3.78. The van der Waals surface area contributed by atoms with Crippen LogP contribution in [0.5, 0.6) is 0 Å². The molecule has 8 nitrogen and oxygen atoms in total. The number of anilines is 1. The number of aliphatic hydroxyl groups is 1. The van der Waals surface area contributed by atoms with E-state index in [4.69, 9.17) is 9.84 Å². The largest absolute Gasteiger partial charge is 0.488 e. The third kappa shape index (κ3) is 3.59. The van der Waals surface area contributed by atoms with Gasteiger partial charge in [0.1, 0.15) is 5.70 Å². The highest BCUT2D eigenvalue weighted by Crippen LogP contribution is 2.22. The average Bonchev–Trinajstić information content (AvgIpc) is 2.85. The molecule has 0 radical (unpaired) electrons. The van der Waals surface area contributed by atoms with E-state index in [1.165, 1.54) is 18.1 Å². The molecule has 1 aliphatic rings. The van der Waals surface area contributed by atoms with Crippen LogP contribution in [0.25, 0.3) is 0 Å². The van der Waals surface area contributed by atoms with Crippen molar-refractivity contribution in [2.75, 3.05) is 32.1 Å². The van der Waals surface area contributed by atoms with Crippen LogP contribution in [0.3, 0.4) is 0 Å². The zero-order valence-corrected chi connectivity index (χ0v) is 13.4. The number of benzene rings is 1. The van der Waals surface area contributed by atoms with Crippen molar-refractivity contribution in [2.45, 2.75) is 6.92 Å². The first-order valence-corrected chi connectivity index (χ1v) is 7.34. The number of amides is 1. The summed E-state index contributed by atoms with van der Waals surface area (Å²) in [5.41, 5.74) is 1.61. The van der Waals surface area contributed by atoms with Crippen molar-refractivity contribution < 1.29 is 29.5 Å². The lowest BCUT2D eigenvalue weighted by Crippen LogP contribution is -2.33. The van der Waals surface area contributed by atoms with E-state index in [9.17, 15) is 19.6 Å². The molecule has 4 N–H and O–H groups in total. The highest BCUT2D eigenvalue weighted by atomic mass is 16.5. The number of hydrogen-bond acceptors (Lipinski definition) is 7. The van der Waals surface area contributed by atoms with Crippen LogP contribution in [0.15, 0.2) is 29.5 Å². The molecule has 0 saturated heterocycles. The van der Waals surface area contributed by atoms with E-state index in [-0.39, 0.29) is 36.4 Å². The monoisotopic (exact) mass is 334 g/mol. The topological polar surface area (TPSA) is 119 Å². The average molecular weight is 334 g/mol. The van der Waals surface area contributed by atoms with Crippen LogP contribution < -0.4 is 10.8 Å². The van der Waals surface area contributed by atoms with Crippen LogP contribution >= 0.6 is 0 Å². The minimum Gasteiger partial charge on any atom is -0.466 e. The van der Waals surface area contributed by atoms with E-state index in [1.54, 1.807) is 19.1 Å². The minimum absolute atomic E-state index is 0.0374. The van der Waals surface area contributed by atoms with Gasteiger partial charge in [0.25, 0.3) is 5.91 Å². The molecule has 1 aromatic rings. The SMILES string of the molecule is COC(=O)C1=C(Nc2ccc(C)c(B(O)O)c2)C(=O)N(CCO)C1. The molecule has 0 saturated carbocycles. The van der Waals surface area contributed by atoms with Crippen molar-refractivity contribution in [1.29, 1.82) is 0 Å². The molecule has 0 aromatic heterocycles. The summed E-state index contributed by atoms with van der Waals surface area (Å²) < 4.78 is 4.70. The Morgan fingerprint density at radius 1 is 1.42 bits per heavy atom. The molecular weight excluding hydrogens is 315 g/mol. The van der Waals surface area contributed by atoms with E-state index in [2.05, 4.69) is 5.32 Å². The lowest BCUT2D eigenvalue weighted by molar-refractivity contribution is -0.136. The number of methoxy groups -OCH3 is 1. The van der Waals surface area contributed by atoms with Crippen LogP contribution in [0.4, 0.5) is 5.69 Å². The molecular formula is C15H19BN2O6. The first-order valence-electron chi connectivity index (χ1n) is 7.34. The Kier molecular flexibility index (Phi) is 5.60. The number of esters is 1. The Bertz CT molecular complexity index is 689. The molecule has 1 heterocycles. The van der Waals surface area contributed by atoms with E-state index in [0.29, 0.717) is 11.3 Å². The molecule has 24 heavy (non-hydrogen) atoms. The molecule has 1 amide bonds. The predicted octanol–water partition coefficient (Wildman–Crippen LogP) is -1.65. The number of nitrogens with zero attached hydrogens (tertiary/aromatic N) is 1. The summed E-state index contributed by atoms with van der Waals surface area (Å²) in [6.07, 6.45) is 0. The first kappa shape index (κ1) is 18.0. The van der Waals surface area contributed by atoms with E-state index in [1.807, 2.05) is 0 Å². The number of β-amino-alcohol motifs (C(OH)–C–C–N with tert-alkyl or cyclic N) is 1. The molecule has 1 aromatic carbocycles. The molecule has 0 fully saturated rings. The molecule has 0 unspecified atom stereocenters. The van der Waals surface area contributed by atoms with Gasteiger partial charge in [-0.25, -0.2) is 4.79 Å². The summed E-state index contributed by atoms with van der Waals surface area (Å²) >= 11 is 0. The second kappa shape index (κ2) is 7.48. The highest BCUT2D eigenvalue weighted by Gasteiger charge is 2.34. The van der Waals surface area contributed by atoms with Crippen LogP contribution in [-0.2, 0) is 14.3 Å². The molecule has 0 spiro atoms. The highest BCUT2D eigenvalue weighted by molar-refractivity contribution is 6.59. The maximum absolute atomic E-state index is 12.4. The maximum atomic E-state index is 12.4. The number of aryl methyl sites for hydroxylation is 1. The Morgan fingerprint density at radius 2 is 2.12 bits per heavy atom. The van der Waals surface area contributed by atoms with Gasteiger partial charge >= 0.3 is 13.1 Å². The predicted molar refractivity (Wildman–Crippen MR) is 87.3 cm³/mol. The number of nitrogens with one attached hydrogen (secondary N) is 1. The van der Waals surface area contributed by atoms with Gasteiger partial charge in [-0.3, -0.25) is 4.79 Å². The molecule has 0 aliphatic carbocycles. The van der Waals surface area contributed by atoms with Gasteiger partial charge in [-0.2, -0.15) is 0 Å². The molecule has 1 aliphatic heterocycles. The molecule has 0 bridgehead atoms. The van der Waals surface area contributed by atoms with Gasteiger partial charge in [0.2, 0.25) is 0 Å². The number of rotatable bonds is 6. The lowest BCUT2D eigenvalue weighted by Gasteiger charge is -2.15. The summed E-state index contributed by atoms with van der Waals surface area (Å²) in [6, 6.07) is 4.81. The van der Waals surface area contributed by atoms with Gasteiger partial charge in [0.05, 0.1) is 25.8 Å². The Morgan fingerprint density at radius 3 is 2.71 bits per heavy atom. The number of aliphatic hydroxyl groups excluding tert-OH is 1. The lowest BCUT2D eigenvalue weighted by atomic mass is 9.77. The summed E-state index contributed by atoms with van der Waals surface area (Å²) in [4.78, 5) is 25.6. The zero-order valence-electron chi connectivity index (χ0n) is 13.4. The van der Waals surface area contributed by atoms with Gasteiger partial charge in [-0.15, -0.1) is 0 Å². The van der Waals surface area contributed by atoms with Crippen LogP contribution in [0.1, 0.15) is 5.56 Å². The van der Waals surface area contributed by atoms with Gasteiger partial charge in [-0.05, 0) is 24.5 Å². The smallest absolute Gasteiger partial charge is 0.466 e. The quantitative estimate of drug-likeness (QED) is 0.363. The summed E-state index contributed by atoms with van der Waals surface area (Å²) in [5, 5.41) is 30.6. The van der Waals surface area contributed by atoms with Crippen molar-refractivity contribution in [1.82, 2.24) is 4.90 Å². The molecule has 128 valence electrons. The van der Waals surface area contributed by atoms with Crippen molar-refractivity contribution in [3.05, 3.63) is 35.0 Å². The second-order valence-electron chi connectivity index (χ2n) is 5.37. The fraction of sp³-hybridized carbons (Fsp3) is 0.333. The van der Waals surface area contributed by atoms with Crippen molar-refractivity contribution in [3.8, 4) is 0 Å². The summed E-state index contributed by atoms with van der Waals surface area (Å²) in [7, 11) is -0.427. The number of hydrogen-bond donors (Lipinski definition) is 4. The van der Waals surface area contributed by atoms with Crippen molar-refractivity contribution in [3.63, 3.8) is 0 Å². The van der Waals surface area contributed by atoms with Crippen molar-refractivity contribution >= 4 is 30.1 Å². The minimum atomic E-state index is -1.65. The second-order valence-corrected chi connectivity index (χ2v) is 5.37. The molecule has 0 atom stereocenters. The molecule has 9 heteroatoms. The Hall–Kier alpha value is -2.36. The van der Waals surface area contributed by atoms with Gasteiger partial charge in [-0.1, -0.05) is 11.6 Å². The van der Waals surface area contributed by atoms with Crippen LogP contribution in [0, 0.1) is 6.92 Å². The standard InChI is InChI=1S/C15H19BN2O6/c1-9-3-4-10(7-12(9)16(22)23)17-13-11(15(21)24-2)8-18(5-6-19)14(13)20/h3-4,7,17,19,22-23H,5-6,8H2,1-2H3. The molecule has 2 rings (SSSR count). The van der Waals surface area contributed by atoms with Gasteiger partial charge in [0.15, 0.2) is 0 Å². The van der Waals surface area contributed by atoms with Gasteiger partial charge in [0, 0.05) is 12.2 Å². The normalized spacial score (nSPS) is 14.2. The summed E-state index contributed by atoms with van der Waals surface area (Å²) in [5.74, 6) is -1.07. The number of carbonyl (C=O) groups is 2. The fourth-order valence-electron chi connectivity index (χ4n) is 2.49. The zero-order chi connectivity index (χ0) is 17.9. The number of ether oxygens (including phenoxy) is 1. The Balaban J connectivity index is 2.35. The van der Waals surface area contributed by atoms with Gasteiger partial charge < -0.3 is 30.1 Å². The number of carbonyl (C=O) groups excluding carboxylic acids is 2. The summed E-state index contributed by atoms with van der Waals surface area (Å²) in [6.45, 7) is 1.63. The van der Waals surface area contributed by atoms with Crippen LogP contribution in [-0.4, -0.2) is 65.9 Å².